The van der Waals surface area contributed by atoms with E-state index in [1.54, 1.807) is 25.1 Å². The Morgan fingerprint density at radius 1 is 1.27 bits per heavy atom. The van der Waals surface area contributed by atoms with E-state index in [2.05, 4.69) is 5.32 Å². The van der Waals surface area contributed by atoms with Crippen molar-refractivity contribution in [1.82, 2.24) is 5.32 Å². The van der Waals surface area contributed by atoms with E-state index < -0.39 is 36.3 Å². The normalized spacial score (nSPS) is 20.7. The SMILES string of the molecule is CC(NC(=O)O)c1cccc(B2OC(C)(C)C(C)(C)O2)c1F. The Morgan fingerprint density at radius 2 is 1.82 bits per heavy atom. The van der Waals surface area contributed by atoms with Gasteiger partial charge in [-0.15, -0.1) is 0 Å². The molecule has 1 atom stereocenters. The maximum absolute atomic E-state index is 14.7. The second-order valence-electron chi connectivity index (χ2n) is 6.51. The molecule has 1 heterocycles. The highest BCUT2D eigenvalue weighted by Gasteiger charge is 2.52. The quantitative estimate of drug-likeness (QED) is 0.842. The van der Waals surface area contributed by atoms with Gasteiger partial charge < -0.3 is 19.7 Å². The van der Waals surface area contributed by atoms with Crippen LogP contribution in [0.15, 0.2) is 18.2 Å². The van der Waals surface area contributed by atoms with Crippen molar-refractivity contribution in [2.75, 3.05) is 0 Å². The van der Waals surface area contributed by atoms with Gasteiger partial charge in [0.25, 0.3) is 0 Å². The summed E-state index contributed by atoms with van der Waals surface area (Å²) in [5, 5.41) is 11.0. The first-order valence-electron chi connectivity index (χ1n) is 7.18. The van der Waals surface area contributed by atoms with Crippen LogP contribution in [-0.2, 0) is 9.31 Å². The third kappa shape index (κ3) is 2.96. The maximum atomic E-state index is 14.7. The summed E-state index contributed by atoms with van der Waals surface area (Å²) >= 11 is 0. The van der Waals surface area contributed by atoms with Crippen molar-refractivity contribution >= 4 is 18.7 Å². The van der Waals surface area contributed by atoms with Crippen LogP contribution in [-0.4, -0.2) is 29.5 Å². The summed E-state index contributed by atoms with van der Waals surface area (Å²) < 4.78 is 26.4. The van der Waals surface area contributed by atoms with Crippen LogP contribution in [0.1, 0.15) is 46.2 Å². The van der Waals surface area contributed by atoms with Gasteiger partial charge in [0.15, 0.2) is 0 Å². The second-order valence-corrected chi connectivity index (χ2v) is 6.51. The molecule has 120 valence electrons. The largest absolute Gasteiger partial charge is 0.497 e. The number of hydrogen-bond donors (Lipinski definition) is 2. The molecule has 1 aromatic rings. The molecule has 1 aliphatic rings. The summed E-state index contributed by atoms with van der Waals surface area (Å²) in [6.07, 6.45) is -1.20. The lowest BCUT2D eigenvalue weighted by atomic mass is 9.77. The van der Waals surface area contributed by atoms with Crippen LogP contribution in [0.2, 0.25) is 0 Å². The number of nitrogens with one attached hydrogen (secondary N) is 1. The Labute approximate surface area is 130 Å². The van der Waals surface area contributed by atoms with E-state index in [0.29, 0.717) is 0 Å². The second kappa shape index (κ2) is 5.55. The Balaban J connectivity index is 2.33. The smallest absolute Gasteiger partial charge is 0.465 e. The predicted molar refractivity (Wildman–Crippen MR) is 81.7 cm³/mol. The Hall–Kier alpha value is -1.60. The summed E-state index contributed by atoms with van der Waals surface area (Å²) in [6, 6.07) is 4.14. The molecule has 5 nitrogen and oxygen atoms in total. The van der Waals surface area contributed by atoms with Crippen LogP contribution in [0.3, 0.4) is 0 Å². The summed E-state index contributed by atoms with van der Waals surface area (Å²) in [7, 11) is -0.818. The van der Waals surface area contributed by atoms with Gasteiger partial charge in [-0.2, -0.15) is 0 Å². The van der Waals surface area contributed by atoms with Gasteiger partial charge in [0.05, 0.1) is 17.2 Å². The Bertz CT molecular complexity index is 575. The average molecular weight is 309 g/mol. The number of carboxylic acid groups (broad SMARTS) is 1. The van der Waals surface area contributed by atoms with Gasteiger partial charge in [-0.1, -0.05) is 18.2 Å². The van der Waals surface area contributed by atoms with Crippen molar-refractivity contribution in [3.8, 4) is 0 Å². The first-order chi connectivity index (χ1) is 10.0. The van der Waals surface area contributed by atoms with E-state index in [1.807, 2.05) is 27.7 Å². The molecule has 1 aromatic carbocycles. The van der Waals surface area contributed by atoms with E-state index in [0.717, 1.165) is 0 Å². The van der Waals surface area contributed by atoms with Crippen molar-refractivity contribution in [2.24, 2.45) is 0 Å². The lowest BCUT2D eigenvalue weighted by molar-refractivity contribution is 0.00578. The van der Waals surface area contributed by atoms with Crippen LogP contribution in [0.25, 0.3) is 0 Å². The Morgan fingerprint density at radius 3 is 2.32 bits per heavy atom. The van der Waals surface area contributed by atoms with Crippen LogP contribution in [0.4, 0.5) is 9.18 Å². The van der Waals surface area contributed by atoms with Gasteiger partial charge in [0.1, 0.15) is 5.82 Å². The molecule has 0 aromatic heterocycles. The van der Waals surface area contributed by atoms with Gasteiger partial charge >= 0.3 is 13.2 Å². The number of rotatable bonds is 3. The van der Waals surface area contributed by atoms with Gasteiger partial charge in [-0.05, 0) is 34.6 Å². The molecule has 0 aliphatic carbocycles. The molecule has 2 N–H and O–H groups in total. The lowest BCUT2D eigenvalue weighted by Gasteiger charge is -2.32. The van der Waals surface area contributed by atoms with Gasteiger partial charge in [-0.25, -0.2) is 9.18 Å². The van der Waals surface area contributed by atoms with E-state index in [4.69, 9.17) is 14.4 Å². The minimum atomic E-state index is -1.20. The highest BCUT2D eigenvalue weighted by molar-refractivity contribution is 6.62. The van der Waals surface area contributed by atoms with Gasteiger partial charge in [0.2, 0.25) is 0 Å². The van der Waals surface area contributed by atoms with Crippen molar-refractivity contribution in [1.29, 1.82) is 0 Å². The number of carbonyl (C=O) groups is 1. The van der Waals surface area contributed by atoms with E-state index in [-0.39, 0.29) is 11.0 Å². The minimum absolute atomic E-state index is 0.259. The molecule has 22 heavy (non-hydrogen) atoms. The number of hydrogen-bond acceptors (Lipinski definition) is 3. The first-order valence-corrected chi connectivity index (χ1v) is 7.18. The zero-order chi connectivity index (χ0) is 16.7. The number of halogens is 1. The van der Waals surface area contributed by atoms with Crippen LogP contribution < -0.4 is 10.8 Å². The van der Waals surface area contributed by atoms with Gasteiger partial charge in [-0.3, -0.25) is 0 Å². The summed E-state index contributed by atoms with van der Waals surface area (Å²) in [5.74, 6) is -0.512. The predicted octanol–water partition coefficient (Wildman–Crippen LogP) is 2.45. The number of benzene rings is 1. The highest BCUT2D eigenvalue weighted by Crippen LogP contribution is 2.36. The maximum Gasteiger partial charge on any atom is 0.497 e. The van der Waals surface area contributed by atoms with Gasteiger partial charge in [0, 0.05) is 11.0 Å². The zero-order valence-electron chi connectivity index (χ0n) is 13.4. The topological polar surface area (TPSA) is 67.8 Å². The minimum Gasteiger partial charge on any atom is -0.465 e. The molecule has 1 fully saturated rings. The molecule has 1 unspecified atom stereocenters. The third-order valence-electron chi connectivity index (χ3n) is 4.37. The molecule has 1 aliphatic heterocycles. The molecule has 7 heteroatoms. The molecule has 0 radical (unpaired) electrons. The summed E-state index contributed by atoms with van der Waals surface area (Å²) in [5.41, 5.74) is -0.597. The fourth-order valence-electron chi connectivity index (χ4n) is 2.32. The fraction of sp³-hybridized carbons (Fsp3) is 0.533. The summed E-state index contributed by atoms with van der Waals surface area (Å²) in [4.78, 5) is 10.7. The van der Waals surface area contributed by atoms with E-state index in [9.17, 15) is 9.18 Å². The zero-order valence-corrected chi connectivity index (χ0v) is 13.4. The first kappa shape index (κ1) is 16.8. The molecule has 0 saturated carbocycles. The van der Waals surface area contributed by atoms with Crippen LogP contribution in [0.5, 0.6) is 0 Å². The van der Waals surface area contributed by atoms with Crippen molar-refractivity contribution < 1.29 is 23.6 Å². The summed E-state index contributed by atoms with van der Waals surface area (Å²) in [6.45, 7) is 9.15. The molecule has 1 saturated heterocycles. The Kier molecular flexibility index (Phi) is 4.23. The lowest BCUT2D eigenvalue weighted by Crippen LogP contribution is -2.41. The molecule has 2 rings (SSSR count). The van der Waals surface area contributed by atoms with Crippen LogP contribution >= 0.6 is 0 Å². The molecule has 1 amide bonds. The van der Waals surface area contributed by atoms with Crippen molar-refractivity contribution in [3.05, 3.63) is 29.6 Å². The number of amides is 1. The van der Waals surface area contributed by atoms with Crippen molar-refractivity contribution in [3.63, 3.8) is 0 Å². The molecule has 0 bridgehead atoms. The molecule has 0 spiro atoms. The third-order valence-corrected chi connectivity index (χ3v) is 4.37. The van der Waals surface area contributed by atoms with E-state index >= 15 is 0 Å². The van der Waals surface area contributed by atoms with Crippen molar-refractivity contribution in [2.45, 2.75) is 51.9 Å². The van der Waals surface area contributed by atoms with E-state index in [1.165, 1.54) is 0 Å². The standard InChI is InChI=1S/C15H21BFNO4/c1-9(18-13(19)20)10-7-6-8-11(12(10)17)16-21-14(2,3)15(4,5)22-16/h6-9,18H,1-5H3,(H,19,20). The monoisotopic (exact) mass is 309 g/mol. The van der Waals surface area contributed by atoms with Crippen LogP contribution in [0, 0.1) is 5.82 Å². The highest BCUT2D eigenvalue weighted by atomic mass is 19.1. The fourth-order valence-corrected chi connectivity index (χ4v) is 2.32. The molecular weight excluding hydrogens is 288 g/mol. The molecular formula is C15H21BFNO4. The average Bonchev–Trinajstić information content (AvgIpc) is 2.57.